The topological polar surface area (TPSA) is 59.5 Å². The van der Waals surface area contributed by atoms with Crippen LogP contribution in [0.3, 0.4) is 0 Å². The zero-order valence-corrected chi connectivity index (χ0v) is 14.2. The van der Waals surface area contributed by atoms with E-state index in [1.54, 1.807) is 36.6 Å². The van der Waals surface area contributed by atoms with E-state index in [9.17, 15) is 9.18 Å². The van der Waals surface area contributed by atoms with E-state index in [-0.39, 0.29) is 23.3 Å². The van der Waals surface area contributed by atoms with Crippen LogP contribution in [0.25, 0.3) is 11.5 Å². The molecule has 0 N–H and O–H groups in total. The minimum atomic E-state index is -0.247. The molecule has 0 bridgehead atoms. The van der Waals surface area contributed by atoms with Crippen LogP contribution in [0, 0.1) is 5.82 Å². The van der Waals surface area contributed by atoms with E-state index in [1.165, 1.54) is 12.1 Å². The Morgan fingerprint density at radius 2 is 2.00 bits per heavy atom. The Labute approximate surface area is 150 Å². The summed E-state index contributed by atoms with van der Waals surface area (Å²) in [5.41, 5.74) is 1.33. The van der Waals surface area contributed by atoms with E-state index in [0.717, 1.165) is 24.8 Å². The van der Waals surface area contributed by atoms with Gasteiger partial charge in [0.05, 0.1) is 6.26 Å². The van der Waals surface area contributed by atoms with Crippen molar-refractivity contribution in [1.82, 2.24) is 10.1 Å². The maximum Gasteiger partial charge on any atom is 0.276 e. The van der Waals surface area contributed by atoms with Gasteiger partial charge in [-0.25, -0.2) is 4.39 Å². The fraction of sp³-hybridized carbons (Fsp3) is 0.300. The van der Waals surface area contributed by atoms with Gasteiger partial charge in [0.1, 0.15) is 5.82 Å². The summed E-state index contributed by atoms with van der Waals surface area (Å²) in [6.07, 6.45) is 4.49. The summed E-state index contributed by atoms with van der Waals surface area (Å²) in [7, 11) is 0. The van der Waals surface area contributed by atoms with Gasteiger partial charge < -0.3 is 13.8 Å². The van der Waals surface area contributed by atoms with Crippen LogP contribution in [0.15, 0.2) is 57.7 Å². The molecule has 26 heavy (non-hydrogen) atoms. The second-order valence-corrected chi connectivity index (χ2v) is 6.55. The van der Waals surface area contributed by atoms with Crippen molar-refractivity contribution in [2.24, 2.45) is 0 Å². The van der Waals surface area contributed by atoms with Gasteiger partial charge in [-0.2, -0.15) is 0 Å². The number of carbonyl (C=O) groups is 1. The third kappa shape index (κ3) is 3.40. The van der Waals surface area contributed by atoms with Gasteiger partial charge in [0.25, 0.3) is 5.91 Å². The lowest BCUT2D eigenvalue weighted by molar-refractivity contribution is 0.0744. The van der Waals surface area contributed by atoms with E-state index in [4.69, 9.17) is 8.94 Å². The molecule has 1 saturated heterocycles. The summed E-state index contributed by atoms with van der Waals surface area (Å²) in [5.74, 6) is 0.766. The molecule has 6 heteroatoms. The van der Waals surface area contributed by atoms with E-state index in [1.807, 2.05) is 4.90 Å². The first-order valence-corrected chi connectivity index (χ1v) is 8.76. The minimum Gasteiger partial charge on any atom is -0.461 e. The standard InChI is InChI=1S/C20H19FN2O3/c21-16-8-6-14(7-9-16)15-4-1-2-10-23(13-15)20(24)17-12-19(26-22-17)18-5-3-11-25-18/h3,5-9,11-12,15H,1-2,4,10,13H2. The van der Waals surface area contributed by atoms with Gasteiger partial charge >= 0.3 is 0 Å². The van der Waals surface area contributed by atoms with Crippen LogP contribution in [0.1, 0.15) is 41.2 Å². The minimum absolute atomic E-state index is 0.152. The zero-order chi connectivity index (χ0) is 17.9. The first-order chi connectivity index (χ1) is 12.7. The lowest BCUT2D eigenvalue weighted by Crippen LogP contribution is -2.34. The Kier molecular flexibility index (Phi) is 4.56. The third-order valence-corrected chi connectivity index (χ3v) is 4.79. The summed E-state index contributed by atoms with van der Waals surface area (Å²) < 4.78 is 23.7. The number of carbonyl (C=O) groups excluding carboxylic acids is 1. The molecule has 0 spiro atoms. The molecule has 0 saturated carbocycles. The van der Waals surface area contributed by atoms with Crippen molar-refractivity contribution in [3.63, 3.8) is 0 Å². The van der Waals surface area contributed by atoms with E-state index in [2.05, 4.69) is 5.16 Å². The van der Waals surface area contributed by atoms with Crippen molar-refractivity contribution in [1.29, 1.82) is 0 Å². The quantitative estimate of drug-likeness (QED) is 0.696. The summed E-state index contributed by atoms with van der Waals surface area (Å²) in [4.78, 5) is 14.7. The molecule has 1 amide bonds. The fourth-order valence-corrected chi connectivity index (χ4v) is 3.41. The average molecular weight is 354 g/mol. The van der Waals surface area contributed by atoms with Crippen molar-refractivity contribution >= 4 is 5.91 Å². The smallest absolute Gasteiger partial charge is 0.276 e. The van der Waals surface area contributed by atoms with E-state index < -0.39 is 0 Å². The number of halogens is 1. The van der Waals surface area contributed by atoms with Crippen molar-refractivity contribution in [3.8, 4) is 11.5 Å². The first kappa shape index (κ1) is 16.6. The van der Waals surface area contributed by atoms with Crippen LogP contribution in [0.5, 0.6) is 0 Å². The van der Waals surface area contributed by atoms with Crippen LogP contribution in [0.2, 0.25) is 0 Å². The molecular weight excluding hydrogens is 335 g/mol. The van der Waals surface area contributed by atoms with Crippen LogP contribution in [0.4, 0.5) is 4.39 Å². The molecule has 1 aromatic carbocycles. The van der Waals surface area contributed by atoms with Crippen LogP contribution in [-0.2, 0) is 0 Å². The first-order valence-electron chi connectivity index (χ1n) is 8.76. The summed E-state index contributed by atoms with van der Waals surface area (Å²) >= 11 is 0. The molecular formula is C20H19FN2O3. The molecule has 1 unspecified atom stereocenters. The average Bonchev–Trinajstić information content (AvgIpc) is 3.29. The third-order valence-electron chi connectivity index (χ3n) is 4.79. The highest BCUT2D eigenvalue weighted by Crippen LogP contribution is 2.28. The SMILES string of the molecule is O=C(c1cc(-c2ccco2)on1)N1CCCCC(c2ccc(F)cc2)C1. The molecule has 134 valence electrons. The Balaban J connectivity index is 1.52. The number of aromatic nitrogens is 1. The Bertz CT molecular complexity index is 871. The maximum absolute atomic E-state index is 13.2. The predicted molar refractivity (Wildman–Crippen MR) is 93.1 cm³/mol. The highest BCUT2D eigenvalue weighted by Gasteiger charge is 2.26. The van der Waals surface area contributed by atoms with Gasteiger partial charge in [0, 0.05) is 25.1 Å². The van der Waals surface area contributed by atoms with Gasteiger partial charge in [-0.05, 0) is 42.7 Å². The number of amides is 1. The normalized spacial score (nSPS) is 17.9. The summed E-state index contributed by atoms with van der Waals surface area (Å²) in [6, 6.07) is 11.7. The van der Waals surface area contributed by atoms with Gasteiger partial charge in [-0.15, -0.1) is 0 Å². The van der Waals surface area contributed by atoms with Crippen LogP contribution >= 0.6 is 0 Å². The predicted octanol–water partition coefficient (Wildman–Crippen LogP) is 4.48. The molecule has 0 aliphatic carbocycles. The summed E-state index contributed by atoms with van der Waals surface area (Å²) in [5, 5.41) is 3.91. The van der Waals surface area contributed by atoms with Crippen LogP contribution < -0.4 is 0 Å². The zero-order valence-electron chi connectivity index (χ0n) is 14.2. The fourth-order valence-electron chi connectivity index (χ4n) is 3.41. The maximum atomic E-state index is 13.2. The number of hydrogen-bond acceptors (Lipinski definition) is 4. The molecule has 1 aliphatic rings. The van der Waals surface area contributed by atoms with Crippen LogP contribution in [-0.4, -0.2) is 29.1 Å². The molecule has 3 heterocycles. The molecule has 3 aromatic rings. The van der Waals surface area contributed by atoms with E-state index >= 15 is 0 Å². The Morgan fingerprint density at radius 1 is 1.15 bits per heavy atom. The number of rotatable bonds is 3. The number of hydrogen-bond donors (Lipinski definition) is 0. The van der Waals surface area contributed by atoms with Crippen molar-refractivity contribution < 1.29 is 18.1 Å². The number of nitrogens with zero attached hydrogens (tertiary/aromatic N) is 2. The van der Waals surface area contributed by atoms with E-state index in [0.29, 0.717) is 24.6 Å². The Morgan fingerprint density at radius 3 is 2.77 bits per heavy atom. The molecule has 1 aliphatic heterocycles. The largest absolute Gasteiger partial charge is 0.461 e. The van der Waals surface area contributed by atoms with Gasteiger partial charge in [-0.3, -0.25) is 4.79 Å². The molecule has 0 radical (unpaired) electrons. The number of benzene rings is 1. The molecule has 1 fully saturated rings. The van der Waals surface area contributed by atoms with Gasteiger partial charge in [-0.1, -0.05) is 23.7 Å². The second kappa shape index (κ2) is 7.15. The molecule has 1 atom stereocenters. The highest BCUT2D eigenvalue weighted by molar-refractivity contribution is 5.93. The monoisotopic (exact) mass is 354 g/mol. The Hall–Kier alpha value is -2.89. The molecule has 4 rings (SSSR count). The molecule has 5 nitrogen and oxygen atoms in total. The molecule has 2 aromatic heterocycles. The van der Waals surface area contributed by atoms with Gasteiger partial charge in [0.15, 0.2) is 11.5 Å². The second-order valence-electron chi connectivity index (χ2n) is 6.55. The van der Waals surface area contributed by atoms with Gasteiger partial charge in [0.2, 0.25) is 5.76 Å². The number of likely N-dealkylation sites (tertiary alicyclic amines) is 1. The summed E-state index contributed by atoms with van der Waals surface area (Å²) in [6.45, 7) is 1.27. The van der Waals surface area contributed by atoms with Crippen molar-refractivity contribution in [2.45, 2.75) is 25.2 Å². The van der Waals surface area contributed by atoms with Crippen molar-refractivity contribution in [2.75, 3.05) is 13.1 Å². The lowest BCUT2D eigenvalue weighted by Gasteiger charge is -2.24. The number of furan rings is 1. The van der Waals surface area contributed by atoms with Crippen molar-refractivity contribution in [3.05, 3.63) is 65.8 Å². The highest BCUT2D eigenvalue weighted by atomic mass is 19.1. The lowest BCUT2D eigenvalue weighted by atomic mass is 9.94.